The van der Waals surface area contributed by atoms with Crippen LogP contribution < -0.4 is 0 Å². The lowest BCUT2D eigenvalue weighted by Crippen LogP contribution is -1.80. The number of rotatable bonds is 2. The number of hydrogen-bond donors (Lipinski definition) is 0. The summed E-state index contributed by atoms with van der Waals surface area (Å²) in [5.41, 5.74) is 5.04. The number of hydrogen-bond acceptors (Lipinski definition) is 1. The van der Waals surface area contributed by atoms with Gasteiger partial charge in [0.25, 0.3) is 0 Å². The fraction of sp³-hybridized carbons (Fsp3) is 0.0323. The zero-order valence-electron chi connectivity index (χ0n) is 18.0. The molecule has 0 nitrogen and oxygen atoms in total. The van der Waals surface area contributed by atoms with Gasteiger partial charge in [-0.25, -0.2) is 0 Å². The van der Waals surface area contributed by atoms with E-state index < -0.39 is 0 Å². The largest absolute Gasteiger partial charge is 0.141 e. The molecule has 0 fully saturated rings. The highest BCUT2D eigenvalue weighted by Crippen LogP contribution is 2.31. The molecule has 0 saturated carbocycles. The van der Waals surface area contributed by atoms with Gasteiger partial charge < -0.3 is 0 Å². The first-order valence-electron chi connectivity index (χ1n) is 10.9. The van der Waals surface area contributed by atoms with E-state index in [1.807, 2.05) is 23.5 Å². The average molecular weight is 429 g/mol. The van der Waals surface area contributed by atoms with Crippen LogP contribution in [0.15, 0.2) is 127 Å². The molecule has 6 aromatic rings. The summed E-state index contributed by atoms with van der Waals surface area (Å²) in [4.78, 5) is 1.39. The highest BCUT2D eigenvalue weighted by Gasteiger charge is 2.02. The number of aryl methyl sites for hydroxylation is 1. The Labute approximate surface area is 193 Å². The maximum absolute atomic E-state index is 2.28. The van der Waals surface area contributed by atoms with Crippen molar-refractivity contribution >= 4 is 32.2 Å². The first kappa shape index (κ1) is 20.2. The molecule has 0 aliphatic rings. The minimum Gasteiger partial charge on any atom is -0.141 e. The summed E-state index contributed by atoms with van der Waals surface area (Å²) >= 11 is 1.87. The summed E-state index contributed by atoms with van der Waals surface area (Å²) in [5.74, 6) is 0. The zero-order valence-corrected chi connectivity index (χ0v) is 18.8. The van der Waals surface area contributed by atoms with Crippen molar-refractivity contribution < 1.29 is 0 Å². The third-order valence-corrected chi connectivity index (χ3v) is 6.64. The normalized spacial score (nSPS) is 10.7. The number of thiophene rings is 1. The van der Waals surface area contributed by atoms with Crippen molar-refractivity contribution in [1.29, 1.82) is 0 Å². The smallest absolute Gasteiger partial charge is 0.0352 e. The van der Waals surface area contributed by atoms with Crippen LogP contribution in [0.5, 0.6) is 0 Å². The van der Waals surface area contributed by atoms with Gasteiger partial charge in [0.2, 0.25) is 0 Å². The van der Waals surface area contributed by atoms with Crippen LogP contribution in [-0.2, 0) is 0 Å². The van der Waals surface area contributed by atoms with Gasteiger partial charge in [-0.2, -0.15) is 0 Å². The molecule has 1 heterocycles. The lowest BCUT2D eigenvalue weighted by atomic mass is 9.99. The molecule has 32 heavy (non-hydrogen) atoms. The van der Waals surface area contributed by atoms with Crippen molar-refractivity contribution in [3.63, 3.8) is 0 Å². The fourth-order valence-electron chi connectivity index (χ4n) is 4.06. The third-order valence-electron chi connectivity index (χ3n) is 5.63. The lowest BCUT2D eigenvalue weighted by molar-refractivity contribution is 1.59. The summed E-state index contributed by atoms with van der Waals surface area (Å²) in [7, 11) is 0. The Kier molecular flexibility index (Phi) is 5.83. The molecule has 0 aliphatic carbocycles. The van der Waals surface area contributed by atoms with E-state index in [2.05, 4.69) is 122 Å². The van der Waals surface area contributed by atoms with Crippen LogP contribution in [0.1, 0.15) is 4.88 Å². The predicted octanol–water partition coefficient (Wildman–Crippen LogP) is 9.38. The third kappa shape index (κ3) is 4.34. The Bertz CT molecular complexity index is 1410. The first-order chi connectivity index (χ1) is 15.8. The van der Waals surface area contributed by atoms with E-state index in [0.29, 0.717) is 0 Å². The summed E-state index contributed by atoms with van der Waals surface area (Å²) in [5, 5.41) is 4.10. The molecule has 0 bridgehead atoms. The maximum Gasteiger partial charge on any atom is 0.0352 e. The Hall–Kier alpha value is -3.68. The SMILES string of the molecule is Cc1cc2c(ccc3ccccc32)s1.c1ccc(-c2cccc(-c3ccccc3)c2)cc1. The lowest BCUT2D eigenvalue weighted by Gasteiger charge is -2.05. The van der Waals surface area contributed by atoms with E-state index in [-0.39, 0.29) is 0 Å². The fourth-order valence-corrected chi connectivity index (χ4v) is 5.00. The van der Waals surface area contributed by atoms with Gasteiger partial charge in [0.05, 0.1) is 0 Å². The van der Waals surface area contributed by atoms with Crippen LogP contribution in [0.3, 0.4) is 0 Å². The minimum atomic E-state index is 1.26. The molecule has 5 aromatic carbocycles. The van der Waals surface area contributed by atoms with E-state index in [4.69, 9.17) is 0 Å². The first-order valence-corrected chi connectivity index (χ1v) is 11.7. The highest BCUT2D eigenvalue weighted by atomic mass is 32.1. The summed E-state index contributed by atoms with van der Waals surface area (Å²) in [6, 6.07) is 44.9. The van der Waals surface area contributed by atoms with Gasteiger partial charge >= 0.3 is 0 Å². The molecular weight excluding hydrogens is 404 g/mol. The van der Waals surface area contributed by atoms with Crippen molar-refractivity contribution in [2.75, 3.05) is 0 Å². The van der Waals surface area contributed by atoms with E-state index in [0.717, 1.165) is 0 Å². The van der Waals surface area contributed by atoms with Gasteiger partial charge in [-0.15, -0.1) is 11.3 Å². The molecular formula is C31H24S. The molecule has 0 radical (unpaired) electrons. The Morgan fingerprint density at radius 2 is 1.00 bits per heavy atom. The van der Waals surface area contributed by atoms with Crippen molar-refractivity contribution in [1.82, 2.24) is 0 Å². The Morgan fingerprint density at radius 3 is 1.66 bits per heavy atom. The zero-order chi connectivity index (χ0) is 21.8. The van der Waals surface area contributed by atoms with Crippen molar-refractivity contribution in [2.24, 2.45) is 0 Å². The molecule has 0 aliphatic heterocycles. The number of benzene rings is 5. The molecule has 0 amide bonds. The number of fused-ring (bicyclic) bond motifs is 3. The van der Waals surface area contributed by atoms with Crippen LogP contribution in [-0.4, -0.2) is 0 Å². The quantitative estimate of drug-likeness (QED) is 0.258. The molecule has 1 aromatic heterocycles. The van der Waals surface area contributed by atoms with Gasteiger partial charge in [-0.05, 0) is 58.1 Å². The van der Waals surface area contributed by atoms with Gasteiger partial charge in [-0.3, -0.25) is 0 Å². The van der Waals surface area contributed by atoms with Gasteiger partial charge in [-0.1, -0.05) is 109 Å². The second-order valence-corrected chi connectivity index (χ2v) is 9.16. The predicted molar refractivity (Wildman–Crippen MR) is 141 cm³/mol. The van der Waals surface area contributed by atoms with Gasteiger partial charge in [0.15, 0.2) is 0 Å². The van der Waals surface area contributed by atoms with Crippen molar-refractivity contribution in [3.05, 3.63) is 132 Å². The van der Waals surface area contributed by atoms with Crippen LogP contribution >= 0.6 is 11.3 Å². The van der Waals surface area contributed by atoms with E-state index >= 15 is 0 Å². The second-order valence-electron chi connectivity index (χ2n) is 7.87. The van der Waals surface area contributed by atoms with Gasteiger partial charge in [0.1, 0.15) is 0 Å². The molecule has 0 spiro atoms. The molecule has 0 N–H and O–H groups in total. The molecule has 0 atom stereocenters. The molecule has 0 unspecified atom stereocenters. The summed E-state index contributed by atoms with van der Waals surface area (Å²) < 4.78 is 1.39. The summed E-state index contributed by atoms with van der Waals surface area (Å²) in [6.45, 7) is 2.17. The second kappa shape index (κ2) is 9.21. The summed E-state index contributed by atoms with van der Waals surface area (Å²) in [6.07, 6.45) is 0. The molecule has 6 rings (SSSR count). The van der Waals surface area contributed by atoms with Crippen LogP contribution in [0.4, 0.5) is 0 Å². The molecule has 0 saturated heterocycles. The average Bonchev–Trinajstić information content (AvgIpc) is 3.26. The maximum atomic E-state index is 2.28. The highest BCUT2D eigenvalue weighted by molar-refractivity contribution is 7.19. The van der Waals surface area contributed by atoms with Crippen LogP contribution in [0.25, 0.3) is 43.1 Å². The Morgan fingerprint density at radius 1 is 0.438 bits per heavy atom. The van der Waals surface area contributed by atoms with Gasteiger partial charge in [0, 0.05) is 15.0 Å². The standard InChI is InChI=1S/C18H14.C13H10S/c1-3-8-15(9-4-1)17-12-7-13-18(14-17)16-10-5-2-6-11-16;1-9-8-12-11-5-3-2-4-10(11)6-7-13(12)14-9/h1-14H;2-8H,1H3. The van der Waals surface area contributed by atoms with E-state index in [1.165, 1.54) is 48.0 Å². The molecule has 154 valence electrons. The molecule has 1 heteroatoms. The van der Waals surface area contributed by atoms with Crippen LogP contribution in [0.2, 0.25) is 0 Å². The van der Waals surface area contributed by atoms with E-state index in [9.17, 15) is 0 Å². The Balaban J connectivity index is 0.000000139. The monoisotopic (exact) mass is 428 g/mol. The van der Waals surface area contributed by atoms with Crippen molar-refractivity contribution in [2.45, 2.75) is 6.92 Å². The van der Waals surface area contributed by atoms with Crippen LogP contribution in [0, 0.1) is 6.92 Å². The minimum absolute atomic E-state index is 1.26. The topological polar surface area (TPSA) is 0 Å². The van der Waals surface area contributed by atoms with E-state index in [1.54, 1.807) is 0 Å². The van der Waals surface area contributed by atoms with Crippen molar-refractivity contribution in [3.8, 4) is 22.3 Å².